The van der Waals surface area contributed by atoms with E-state index < -0.39 is 0 Å². The Morgan fingerprint density at radius 1 is 1.32 bits per heavy atom. The molecule has 3 unspecified atom stereocenters. The van der Waals surface area contributed by atoms with Crippen molar-refractivity contribution in [3.63, 3.8) is 0 Å². The van der Waals surface area contributed by atoms with Crippen LogP contribution >= 0.6 is 0 Å². The molecule has 1 amide bonds. The molecule has 2 rings (SSSR count). The topological polar surface area (TPSA) is 29.1 Å². The first-order valence-corrected chi connectivity index (χ1v) is 8.10. The van der Waals surface area contributed by atoms with Crippen molar-refractivity contribution in [2.75, 3.05) is 7.05 Å². The van der Waals surface area contributed by atoms with Crippen molar-refractivity contribution < 1.29 is 37.5 Å². The van der Waals surface area contributed by atoms with E-state index in [4.69, 9.17) is 0 Å². The first kappa shape index (κ1) is 21.8. The molecule has 0 saturated heterocycles. The Kier molecular flexibility index (Phi) is 11.2. The maximum Gasteiger partial charge on any atom is 0.223 e. The van der Waals surface area contributed by atoms with Gasteiger partial charge in [0, 0.05) is 45.7 Å². The molecule has 0 aliphatic heterocycles. The van der Waals surface area contributed by atoms with Crippen LogP contribution in [0.1, 0.15) is 45.6 Å². The van der Waals surface area contributed by atoms with Gasteiger partial charge in [-0.1, -0.05) is 34.1 Å². The summed E-state index contributed by atoms with van der Waals surface area (Å²) < 4.78 is 0. The van der Waals surface area contributed by atoms with Gasteiger partial charge in [-0.05, 0) is 30.6 Å². The average Bonchev–Trinajstić information content (AvgIpc) is 2.47. The molecule has 121 valence electrons. The summed E-state index contributed by atoms with van der Waals surface area (Å²) in [6.07, 6.45) is 3.58. The predicted octanol–water partition coefficient (Wildman–Crippen LogP) is 4.23. The number of benzene rings is 1. The maximum atomic E-state index is 11.7. The van der Waals surface area contributed by atoms with Crippen LogP contribution in [0.2, 0.25) is 0 Å². The molecule has 0 aromatic heterocycles. The number of hydrogen-bond donors (Lipinski definition) is 1. The third-order valence-electron chi connectivity index (χ3n) is 4.47. The summed E-state index contributed by atoms with van der Waals surface area (Å²) in [6.45, 7) is 8.75. The van der Waals surface area contributed by atoms with Crippen molar-refractivity contribution in [1.29, 1.82) is 0 Å². The van der Waals surface area contributed by atoms with Crippen molar-refractivity contribution in [2.24, 2.45) is 23.7 Å². The maximum absolute atomic E-state index is 11.7. The smallest absolute Gasteiger partial charge is 0.223 e. The zero-order valence-electron chi connectivity index (χ0n) is 14.7. The number of amides is 1. The molecule has 1 aromatic rings. The second-order valence-corrected chi connectivity index (χ2v) is 6.59. The van der Waals surface area contributed by atoms with E-state index in [1.54, 1.807) is 7.05 Å². The third-order valence-corrected chi connectivity index (χ3v) is 4.47. The molecule has 1 aliphatic rings. The van der Waals surface area contributed by atoms with Crippen LogP contribution in [-0.2, 0) is 37.5 Å². The fourth-order valence-electron chi connectivity index (χ4n) is 3.17. The zero-order valence-corrected chi connectivity index (χ0v) is 17.6. The predicted molar refractivity (Wildman–Crippen MR) is 88.9 cm³/mol. The molecule has 0 bridgehead atoms. The van der Waals surface area contributed by atoms with E-state index in [2.05, 4.69) is 32.2 Å². The minimum absolute atomic E-state index is 0. The van der Waals surface area contributed by atoms with Crippen LogP contribution in [-0.4, -0.2) is 13.0 Å². The van der Waals surface area contributed by atoms with Crippen LogP contribution < -0.4 is 5.32 Å². The first-order chi connectivity index (χ1) is 9.95. The molecule has 3 atom stereocenters. The summed E-state index contributed by atoms with van der Waals surface area (Å²) in [4.78, 5) is 11.7. The SMILES string of the molecule is CNC(=O)C1CC(C)CCC1C(C)C.Cc1[c-]cccc1.[Y]. The van der Waals surface area contributed by atoms with Crippen LogP contribution in [0.4, 0.5) is 0 Å². The van der Waals surface area contributed by atoms with Gasteiger partial charge in [0.25, 0.3) is 0 Å². The van der Waals surface area contributed by atoms with Crippen molar-refractivity contribution in [3.05, 3.63) is 35.9 Å². The summed E-state index contributed by atoms with van der Waals surface area (Å²) in [6, 6.07) is 10.9. The van der Waals surface area contributed by atoms with Crippen LogP contribution in [0.25, 0.3) is 0 Å². The van der Waals surface area contributed by atoms with Crippen molar-refractivity contribution in [2.45, 2.75) is 47.0 Å². The van der Waals surface area contributed by atoms with Gasteiger partial charge in [0.1, 0.15) is 0 Å². The van der Waals surface area contributed by atoms with E-state index >= 15 is 0 Å². The van der Waals surface area contributed by atoms with Gasteiger partial charge in [-0.3, -0.25) is 4.79 Å². The van der Waals surface area contributed by atoms with Gasteiger partial charge in [0.15, 0.2) is 0 Å². The molecule has 1 aliphatic carbocycles. The standard InChI is InChI=1S/C12H23NO.C7H7.Y/c1-8(2)10-6-5-9(3)7-11(10)12(14)13-4;1-7-5-3-2-4-6-7;/h8-11H,5-7H2,1-4H3,(H,13,14);2-5H,1H3;/q;-1;. The molecule has 1 saturated carbocycles. The minimum Gasteiger partial charge on any atom is -0.359 e. The Bertz CT molecular complexity index is 419. The van der Waals surface area contributed by atoms with E-state index in [-0.39, 0.29) is 44.5 Å². The fraction of sp³-hybridized carbons (Fsp3) is 0.632. The fourth-order valence-corrected chi connectivity index (χ4v) is 3.17. The first-order valence-electron chi connectivity index (χ1n) is 8.10. The van der Waals surface area contributed by atoms with Gasteiger partial charge in [0.05, 0.1) is 0 Å². The molecule has 1 aromatic carbocycles. The molecule has 3 heteroatoms. The van der Waals surface area contributed by atoms with Crippen molar-refractivity contribution >= 4 is 5.91 Å². The Morgan fingerprint density at radius 3 is 2.41 bits per heavy atom. The van der Waals surface area contributed by atoms with E-state index in [1.165, 1.54) is 18.4 Å². The molecule has 1 radical (unpaired) electrons. The number of carbonyl (C=O) groups excluding carboxylic acids is 1. The van der Waals surface area contributed by atoms with Gasteiger partial charge in [-0.15, -0.1) is 0 Å². The van der Waals surface area contributed by atoms with E-state index in [1.807, 2.05) is 31.2 Å². The zero-order chi connectivity index (χ0) is 15.8. The Hall–Kier alpha value is -0.206. The van der Waals surface area contributed by atoms with Gasteiger partial charge >= 0.3 is 0 Å². The Labute approximate surface area is 161 Å². The number of nitrogens with one attached hydrogen (secondary N) is 1. The summed E-state index contributed by atoms with van der Waals surface area (Å²) in [5.74, 6) is 2.43. The second kappa shape index (κ2) is 11.3. The van der Waals surface area contributed by atoms with Crippen molar-refractivity contribution in [1.82, 2.24) is 5.32 Å². The monoisotopic (exact) mass is 377 g/mol. The largest absolute Gasteiger partial charge is 0.359 e. The van der Waals surface area contributed by atoms with Crippen LogP contribution in [0.15, 0.2) is 24.3 Å². The van der Waals surface area contributed by atoms with Crippen LogP contribution in [0.5, 0.6) is 0 Å². The van der Waals surface area contributed by atoms with E-state index in [0.29, 0.717) is 17.8 Å². The number of carbonyl (C=O) groups is 1. The van der Waals surface area contributed by atoms with Gasteiger partial charge < -0.3 is 5.32 Å². The normalized spacial score (nSPS) is 23.8. The summed E-state index contributed by atoms with van der Waals surface area (Å²) >= 11 is 0. The molecular formula is C19H30NOY-. The molecule has 0 spiro atoms. The van der Waals surface area contributed by atoms with E-state index in [0.717, 1.165) is 6.42 Å². The number of hydrogen-bond acceptors (Lipinski definition) is 1. The minimum atomic E-state index is 0. The molecule has 22 heavy (non-hydrogen) atoms. The number of rotatable bonds is 2. The van der Waals surface area contributed by atoms with Crippen molar-refractivity contribution in [3.8, 4) is 0 Å². The molecule has 0 heterocycles. The summed E-state index contributed by atoms with van der Waals surface area (Å²) in [7, 11) is 1.75. The van der Waals surface area contributed by atoms with E-state index in [9.17, 15) is 4.79 Å². The van der Waals surface area contributed by atoms with Gasteiger partial charge in [0.2, 0.25) is 5.91 Å². The van der Waals surface area contributed by atoms with Gasteiger partial charge in [-0.2, -0.15) is 35.9 Å². The molecular weight excluding hydrogens is 347 g/mol. The Morgan fingerprint density at radius 2 is 2.00 bits per heavy atom. The second-order valence-electron chi connectivity index (χ2n) is 6.59. The number of aryl methyl sites for hydroxylation is 1. The van der Waals surface area contributed by atoms with Crippen LogP contribution in [0, 0.1) is 36.7 Å². The quantitative estimate of drug-likeness (QED) is 0.768. The average molecular weight is 377 g/mol. The van der Waals surface area contributed by atoms with Gasteiger partial charge in [-0.25, -0.2) is 0 Å². The molecule has 1 fully saturated rings. The summed E-state index contributed by atoms with van der Waals surface area (Å²) in [5, 5.41) is 2.80. The van der Waals surface area contributed by atoms with Crippen LogP contribution in [0.3, 0.4) is 0 Å². The Balaban J connectivity index is 0.000000465. The molecule has 1 N–H and O–H groups in total. The third kappa shape index (κ3) is 7.37. The molecule has 2 nitrogen and oxygen atoms in total. The summed E-state index contributed by atoms with van der Waals surface area (Å²) in [5.41, 5.74) is 1.20.